The highest BCUT2D eigenvalue weighted by molar-refractivity contribution is 5.41. The van der Waals surface area contributed by atoms with Crippen molar-refractivity contribution in [1.29, 1.82) is 0 Å². The molecule has 0 aliphatic carbocycles. The molecule has 5 nitrogen and oxygen atoms in total. The van der Waals surface area contributed by atoms with Crippen molar-refractivity contribution >= 4 is 5.65 Å². The number of fused-ring (bicyclic) bond motifs is 1. The Kier molecular flexibility index (Phi) is 3.75. The zero-order chi connectivity index (χ0) is 14.7. The summed E-state index contributed by atoms with van der Waals surface area (Å²) in [5.74, 6) is 1.48. The number of imidazole rings is 1. The van der Waals surface area contributed by atoms with Crippen LogP contribution < -0.4 is 15.2 Å². The van der Waals surface area contributed by atoms with Crippen LogP contribution in [0.1, 0.15) is 11.3 Å². The lowest BCUT2D eigenvalue weighted by molar-refractivity contribution is 0.296. The topological polar surface area (TPSA) is 61.8 Å². The number of rotatable bonds is 5. The Labute approximate surface area is 122 Å². The van der Waals surface area contributed by atoms with E-state index in [0.717, 1.165) is 28.4 Å². The summed E-state index contributed by atoms with van der Waals surface area (Å²) in [6.45, 7) is 0.812. The minimum absolute atomic E-state index is 0.391. The second kappa shape index (κ2) is 5.85. The number of pyridine rings is 1. The van der Waals surface area contributed by atoms with Crippen LogP contribution in [0.4, 0.5) is 0 Å². The molecule has 0 saturated carbocycles. The van der Waals surface area contributed by atoms with Gasteiger partial charge in [-0.25, -0.2) is 4.98 Å². The highest BCUT2D eigenvalue weighted by atomic mass is 16.5. The first-order chi connectivity index (χ1) is 10.3. The molecule has 2 N–H and O–H groups in total. The van der Waals surface area contributed by atoms with E-state index in [2.05, 4.69) is 4.98 Å². The van der Waals surface area contributed by atoms with E-state index in [0.29, 0.717) is 13.2 Å². The number of hydrogen-bond acceptors (Lipinski definition) is 4. The summed E-state index contributed by atoms with van der Waals surface area (Å²) in [6.07, 6.45) is 3.92. The summed E-state index contributed by atoms with van der Waals surface area (Å²) in [5.41, 5.74) is 8.45. The lowest BCUT2D eigenvalue weighted by Crippen LogP contribution is -2.03. The molecule has 0 aliphatic heterocycles. The third-order valence-corrected chi connectivity index (χ3v) is 3.28. The Morgan fingerprint density at radius 1 is 1.24 bits per heavy atom. The number of hydrogen-bond donors (Lipinski definition) is 1. The van der Waals surface area contributed by atoms with Gasteiger partial charge in [0.15, 0.2) is 0 Å². The molecule has 0 radical (unpaired) electrons. The summed E-state index contributed by atoms with van der Waals surface area (Å²) >= 11 is 0. The van der Waals surface area contributed by atoms with Crippen LogP contribution in [0.25, 0.3) is 5.65 Å². The number of aromatic nitrogens is 2. The molecule has 2 aromatic heterocycles. The largest absolute Gasteiger partial charge is 0.497 e. The van der Waals surface area contributed by atoms with E-state index < -0.39 is 0 Å². The maximum Gasteiger partial charge on any atom is 0.137 e. The lowest BCUT2D eigenvalue weighted by Gasteiger charge is -2.11. The molecule has 0 bridgehead atoms. The SMILES string of the molecule is COc1ccc(CN)c(OCc2cn3ccccc3n2)c1. The van der Waals surface area contributed by atoms with E-state index in [-0.39, 0.29) is 0 Å². The van der Waals surface area contributed by atoms with Gasteiger partial charge in [0.25, 0.3) is 0 Å². The molecular weight excluding hydrogens is 266 g/mol. The predicted molar refractivity (Wildman–Crippen MR) is 80.4 cm³/mol. The molecule has 3 rings (SSSR count). The summed E-state index contributed by atoms with van der Waals surface area (Å²) < 4.78 is 13.0. The average Bonchev–Trinajstić information content (AvgIpc) is 2.95. The zero-order valence-corrected chi connectivity index (χ0v) is 11.8. The molecule has 0 spiro atoms. The highest BCUT2D eigenvalue weighted by Crippen LogP contribution is 2.25. The molecule has 0 aliphatic rings. The van der Waals surface area contributed by atoms with Crippen LogP contribution in [-0.4, -0.2) is 16.5 Å². The minimum Gasteiger partial charge on any atom is -0.497 e. The fraction of sp³-hybridized carbons (Fsp3) is 0.188. The molecule has 0 saturated heterocycles. The molecule has 108 valence electrons. The van der Waals surface area contributed by atoms with Crippen LogP contribution >= 0.6 is 0 Å². The van der Waals surface area contributed by atoms with Crippen molar-refractivity contribution < 1.29 is 9.47 Å². The first-order valence-electron chi connectivity index (χ1n) is 6.72. The normalized spacial score (nSPS) is 10.8. The van der Waals surface area contributed by atoms with Crippen LogP contribution in [0.3, 0.4) is 0 Å². The number of nitrogens with zero attached hydrogens (tertiary/aromatic N) is 2. The third-order valence-electron chi connectivity index (χ3n) is 3.28. The second-order valence-electron chi connectivity index (χ2n) is 4.66. The summed E-state index contributed by atoms with van der Waals surface area (Å²) in [7, 11) is 1.63. The standard InChI is InChI=1S/C16H17N3O2/c1-20-14-6-5-12(9-17)15(8-14)21-11-13-10-19-7-3-2-4-16(19)18-13/h2-8,10H,9,11,17H2,1H3. The van der Waals surface area contributed by atoms with Crippen molar-refractivity contribution in [2.24, 2.45) is 5.73 Å². The lowest BCUT2D eigenvalue weighted by atomic mass is 10.2. The molecule has 0 amide bonds. The van der Waals surface area contributed by atoms with Gasteiger partial charge in [0.1, 0.15) is 23.8 Å². The van der Waals surface area contributed by atoms with Crippen LogP contribution in [0.15, 0.2) is 48.8 Å². The fourth-order valence-corrected chi connectivity index (χ4v) is 2.17. The first-order valence-corrected chi connectivity index (χ1v) is 6.72. The van der Waals surface area contributed by atoms with Crippen LogP contribution in [0.2, 0.25) is 0 Å². The monoisotopic (exact) mass is 283 g/mol. The highest BCUT2D eigenvalue weighted by Gasteiger charge is 2.07. The van der Waals surface area contributed by atoms with Gasteiger partial charge in [0.2, 0.25) is 0 Å². The Balaban J connectivity index is 1.80. The third kappa shape index (κ3) is 2.83. The first kappa shape index (κ1) is 13.5. The number of ether oxygens (including phenoxy) is 2. The summed E-state index contributed by atoms with van der Waals surface area (Å²) in [6, 6.07) is 11.5. The molecule has 3 aromatic rings. The molecule has 0 atom stereocenters. The van der Waals surface area contributed by atoms with Gasteiger partial charge in [0.05, 0.1) is 12.8 Å². The van der Waals surface area contributed by atoms with E-state index in [1.165, 1.54) is 0 Å². The van der Waals surface area contributed by atoms with Crippen LogP contribution in [0, 0.1) is 0 Å². The molecular formula is C16H17N3O2. The van der Waals surface area contributed by atoms with Gasteiger partial charge in [-0.3, -0.25) is 0 Å². The van der Waals surface area contributed by atoms with Crippen LogP contribution in [0.5, 0.6) is 11.5 Å². The Hall–Kier alpha value is -2.53. The quantitative estimate of drug-likeness (QED) is 0.781. The summed E-state index contributed by atoms with van der Waals surface area (Å²) in [5, 5.41) is 0. The van der Waals surface area contributed by atoms with E-state index in [1.807, 2.05) is 53.2 Å². The maximum absolute atomic E-state index is 5.85. The van der Waals surface area contributed by atoms with Gasteiger partial charge in [-0.1, -0.05) is 12.1 Å². The maximum atomic E-state index is 5.85. The van der Waals surface area contributed by atoms with Crippen LogP contribution in [-0.2, 0) is 13.2 Å². The van der Waals surface area contributed by atoms with Gasteiger partial charge >= 0.3 is 0 Å². The molecule has 0 unspecified atom stereocenters. The zero-order valence-electron chi connectivity index (χ0n) is 11.8. The van der Waals surface area contributed by atoms with Crippen molar-refractivity contribution in [3.63, 3.8) is 0 Å². The number of methoxy groups -OCH3 is 1. The van der Waals surface area contributed by atoms with Crippen molar-refractivity contribution in [1.82, 2.24) is 9.38 Å². The second-order valence-corrected chi connectivity index (χ2v) is 4.66. The molecule has 2 heterocycles. The Morgan fingerprint density at radius 2 is 2.14 bits per heavy atom. The fourth-order valence-electron chi connectivity index (χ4n) is 2.17. The van der Waals surface area contributed by atoms with Crippen molar-refractivity contribution in [2.75, 3.05) is 7.11 Å². The van der Waals surface area contributed by atoms with Crippen molar-refractivity contribution in [3.8, 4) is 11.5 Å². The predicted octanol–water partition coefficient (Wildman–Crippen LogP) is 2.38. The number of benzene rings is 1. The van der Waals surface area contributed by atoms with Crippen molar-refractivity contribution in [2.45, 2.75) is 13.2 Å². The van der Waals surface area contributed by atoms with E-state index in [1.54, 1.807) is 7.11 Å². The Bertz CT molecular complexity index is 719. The van der Waals surface area contributed by atoms with E-state index >= 15 is 0 Å². The Morgan fingerprint density at radius 3 is 2.90 bits per heavy atom. The minimum atomic E-state index is 0.391. The van der Waals surface area contributed by atoms with E-state index in [4.69, 9.17) is 15.2 Å². The molecule has 21 heavy (non-hydrogen) atoms. The van der Waals surface area contributed by atoms with Gasteiger partial charge < -0.3 is 19.6 Å². The smallest absolute Gasteiger partial charge is 0.137 e. The molecule has 0 fully saturated rings. The van der Waals surface area contributed by atoms with Crippen molar-refractivity contribution in [3.05, 3.63) is 60.0 Å². The van der Waals surface area contributed by atoms with Gasteiger partial charge in [-0.2, -0.15) is 0 Å². The molecule has 5 heteroatoms. The molecule has 1 aromatic carbocycles. The van der Waals surface area contributed by atoms with Gasteiger partial charge in [0, 0.05) is 30.6 Å². The van der Waals surface area contributed by atoms with Gasteiger partial charge in [-0.05, 0) is 18.2 Å². The summed E-state index contributed by atoms with van der Waals surface area (Å²) in [4.78, 5) is 4.50. The number of nitrogens with two attached hydrogens (primary N) is 1. The average molecular weight is 283 g/mol. The van der Waals surface area contributed by atoms with E-state index in [9.17, 15) is 0 Å². The van der Waals surface area contributed by atoms with Gasteiger partial charge in [-0.15, -0.1) is 0 Å².